The average molecular weight is 323 g/mol. The van der Waals surface area contributed by atoms with Gasteiger partial charge in [-0.1, -0.05) is 23.7 Å². The van der Waals surface area contributed by atoms with Gasteiger partial charge in [-0.15, -0.1) is 0 Å². The normalized spacial score (nSPS) is 24.7. The van der Waals surface area contributed by atoms with E-state index in [1.54, 1.807) is 0 Å². The summed E-state index contributed by atoms with van der Waals surface area (Å²) in [6.07, 6.45) is 2.07. The Morgan fingerprint density at radius 1 is 1.05 bits per heavy atom. The average Bonchev–Trinajstić information content (AvgIpc) is 2.68. The van der Waals surface area contributed by atoms with E-state index in [1.807, 2.05) is 6.07 Å². The van der Waals surface area contributed by atoms with Crippen molar-refractivity contribution < 1.29 is 14.0 Å². The Kier molecular flexibility index (Phi) is 4.32. The molecule has 2 heterocycles. The van der Waals surface area contributed by atoms with Gasteiger partial charge in [0, 0.05) is 18.2 Å². The van der Waals surface area contributed by atoms with Crippen molar-refractivity contribution in [2.24, 2.45) is 0 Å². The van der Waals surface area contributed by atoms with E-state index in [2.05, 4.69) is 39.8 Å². The van der Waals surface area contributed by atoms with Crippen LogP contribution in [0.5, 0.6) is 0 Å². The summed E-state index contributed by atoms with van der Waals surface area (Å²) in [5.41, 5.74) is 1.54. The predicted octanol–water partition coefficient (Wildman–Crippen LogP) is 3.53. The molecule has 2 aliphatic rings. The Morgan fingerprint density at radius 2 is 1.64 bits per heavy atom. The summed E-state index contributed by atoms with van der Waals surface area (Å²) in [5.74, 6) is 0.494. The maximum Gasteiger partial charge on any atom is 0.494 e. The molecule has 0 atom stereocenters. The smallest absolute Gasteiger partial charge is 0.399 e. The van der Waals surface area contributed by atoms with E-state index in [9.17, 15) is 0 Å². The molecular formula is C17H24BClO3. The summed E-state index contributed by atoms with van der Waals surface area (Å²) < 4.78 is 17.6. The molecule has 3 nitrogen and oxygen atoms in total. The van der Waals surface area contributed by atoms with Gasteiger partial charge >= 0.3 is 7.12 Å². The van der Waals surface area contributed by atoms with Gasteiger partial charge in [0.1, 0.15) is 0 Å². The van der Waals surface area contributed by atoms with E-state index in [-0.39, 0.29) is 18.3 Å². The molecule has 2 aliphatic heterocycles. The summed E-state index contributed by atoms with van der Waals surface area (Å²) in [4.78, 5) is 0. The fourth-order valence-corrected chi connectivity index (χ4v) is 3.35. The zero-order valence-corrected chi connectivity index (χ0v) is 14.6. The first-order valence-corrected chi connectivity index (χ1v) is 8.41. The first-order valence-electron chi connectivity index (χ1n) is 8.03. The highest BCUT2D eigenvalue weighted by molar-refractivity contribution is 6.62. The zero-order valence-electron chi connectivity index (χ0n) is 13.8. The van der Waals surface area contributed by atoms with Crippen molar-refractivity contribution in [3.8, 4) is 0 Å². The van der Waals surface area contributed by atoms with Gasteiger partial charge in [0.15, 0.2) is 0 Å². The van der Waals surface area contributed by atoms with Crippen LogP contribution in [0.2, 0.25) is 5.02 Å². The van der Waals surface area contributed by atoms with Crippen molar-refractivity contribution in [1.82, 2.24) is 0 Å². The van der Waals surface area contributed by atoms with Gasteiger partial charge in [-0.2, -0.15) is 0 Å². The Hall–Kier alpha value is -0.545. The minimum Gasteiger partial charge on any atom is -0.399 e. The highest BCUT2D eigenvalue weighted by Crippen LogP contribution is 2.37. The van der Waals surface area contributed by atoms with E-state index < -0.39 is 0 Å². The molecule has 0 saturated carbocycles. The molecule has 22 heavy (non-hydrogen) atoms. The van der Waals surface area contributed by atoms with Gasteiger partial charge in [-0.05, 0) is 63.5 Å². The minimum absolute atomic E-state index is 0.330. The lowest BCUT2D eigenvalue weighted by Crippen LogP contribution is -2.41. The fraction of sp³-hybridized carbons (Fsp3) is 0.647. The number of rotatable bonds is 2. The number of halogens is 1. The summed E-state index contributed by atoms with van der Waals surface area (Å²) in [5, 5.41) is 0.805. The zero-order chi connectivity index (χ0) is 16.0. The van der Waals surface area contributed by atoms with Crippen LogP contribution < -0.4 is 5.46 Å². The Balaban J connectivity index is 1.81. The van der Waals surface area contributed by atoms with Gasteiger partial charge < -0.3 is 14.0 Å². The molecule has 0 radical (unpaired) electrons. The van der Waals surface area contributed by atoms with Gasteiger partial charge in [0.2, 0.25) is 0 Å². The maximum absolute atomic E-state index is 6.53. The Labute approximate surface area is 138 Å². The van der Waals surface area contributed by atoms with Crippen LogP contribution in [0.15, 0.2) is 18.2 Å². The van der Waals surface area contributed by atoms with E-state index in [0.717, 1.165) is 36.5 Å². The van der Waals surface area contributed by atoms with Crippen LogP contribution in [0.3, 0.4) is 0 Å². The van der Waals surface area contributed by atoms with Crippen LogP contribution in [-0.4, -0.2) is 31.5 Å². The molecule has 1 aromatic rings. The van der Waals surface area contributed by atoms with Gasteiger partial charge in [-0.25, -0.2) is 0 Å². The quantitative estimate of drug-likeness (QED) is 0.780. The first-order chi connectivity index (χ1) is 10.3. The van der Waals surface area contributed by atoms with Crippen LogP contribution in [0.25, 0.3) is 0 Å². The molecule has 0 aliphatic carbocycles. The van der Waals surface area contributed by atoms with Crippen molar-refractivity contribution in [2.75, 3.05) is 13.2 Å². The van der Waals surface area contributed by atoms with Gasteiger partial charge in [-0.3, -0.25) is 0 Å². The standard InChI is InChI=1S/C17H24BClO3/c1-16(2)17(3,4)22-18(21-16)13-5-6-14(15(19)11-13)12-7-9-20-10-8-12/h5-6,11-12H,7-10H2,1-4H3. The molecule has 2 saturated heterocycles. The molecule has 0 unspecified atom stereocenters. The third kappa shape index (κ3) is 2.94. The third-order valence-electron chi connectivity index (χ3n) is 5.21. The molecule has 3 rings (SSSR count). The second kappa shape index (κ2) is 5.83. The van der Waals surface area contributed by atoms with Crippen molar-refractivity contribution in [3.63, 3.8) is 0 Å². The highest BCUT2D eigenvalue weighted by atomic mass is 35.5. The molecule has 5 heteroatoms. The van der Waals surface area contributed by atoms with E-state index >= 15 is 0 Å². The molecule has 0 N–H and O–H groups in total. The van der Waals surface area contributed by atoms with E-state index in [1.165, 1.54) is 5.56 Å². The summed E-state index contributed by atoms with van der Waals surface area (Å²) in [7, 11) is -0.355. The highest BCUT2D eigenvalue weighted by Gasteiger charge is 2.51. The summed E-state index contributed by atoms with van der Waals surface area (Å²) >= 11 is 6.53. The number of ether oxygens (including phenoxy) is 1. The molecule has 0 amide bonds. The van der Waals surface area contributed by atoms with Crippen LogP contribution in [0, 0.1) is 0 Å². The Morgan fingerprint density at radius 3 is 2.18 bits per heavy atom. The molecule has 2 fully saturated rings. The van der Waals surface area contributed by atoms with E-state index in [4.69, 9.17) is 25.6 Å². The summed E-state index contributed by atoms with van der Waals surface area (Å²) in [6, 6.07) is 6.20. The minimum atomic E-state index is -0.355. The molecule has 0 bridgehead atoms. The molecule has 0 spiro atoms. The molecular weight excluding hydrogens is 298 g/mol. The first kappa shape index (κ1) is 16.3. The van der Waals surface area contributed by atoms with Gasteiger partial charge in [0.25, 0.3) is 0 Å². The SMILES string of the molecule is CC1(C)OB(c2ccc(C3CCOCC3)c(Cl)c2)OC1(C)C. The van der Waals surface area contributed by atoms with Crippen LogP contribution in [-0.2, 0) is 14.0 Å². The molecule has 0 aromatic heterocycles. The lowest BCUT2D eigenvalue weighted by atomic mass is 9.77. The molecule has 120 valence electrons. The fourth-order valence-electron chi connectivity index (χ4n) is 3.01. The van der Waals surface area contributed by atoms with Gasteiger partial charge in [0.05, 0.1) is 11.2 Å². The van der Waals surface area contributed by atoms with Crippen LogP contribution >= 0.6 is 11.6 Å². The Bertz CT molecular complexity index is 537. The van der Waals surface area contributed by atoms with Crippen molar-refractivity contribution in [1.29, 1.82) is 0 Å². The van der Waals surface area contributed by atoms with Crippen LogP contribution in [0.4, 0.5) is 0 Å². The second-order valence-corrected chi connectivity index (χ2v) is 7.66. The molecule has 1 aromatic carbocycles. The lowest BCUT2D eigenvalue weighted by molar-refractivity contribution is 0.00578. The van der Waals surface area contributed by atoms with Crippen molar-refractivity contribution in [3.05, 3.63) is 28.8 Å². The van der Waals surface area contributed by atoms with Crippen molar-refractivity contribution in [2.45, 2.75) is 57.7 Å². The largest absolute Gasteiger partial charge is 0.494 e. The van der Waals surface area contributed by atoms with Crippen LogP contribution in [0.1, 0.15) is 52.0 Å². The number of hydrogen-bond acceptors (Lipinski definition) is 3. The topological polar surface area (TPSA) is 27.7 Å². The maximum atomic E-state index is 6.53. The monoisotopic (exact) mass is 322 g/mol. The predicted molar refractivity (Wildman–Crippen MR) is 90.0 cm³/mol. The number of benzene rings is 1. The van der Waals surface area contributed by atoms with E-state index in [0.29, 0.717) is 5.92 Å². The lowest BCUT2D eigenvalue weighted by Gasteiger charge is -2.32. The summed E-state index contributed by atoms with van der Waals surface area (Å²) in [6.45, 7) is 9.88. The second-order valence-electron chi connectivity index (χ2n) is 7.26. The van der Waals surface area contributed by atoms with Crippen molar-refractivity contribution >= 4 is 24.2 Å². The third-order valence-corrected chi connectivity index (χ3v) is 5.54. The number of hydrogen-bond donors (Lipinski definition) is 0.